The van der Waals surface area contributed by atoms with Gasteiger partial charge in [-0.05, 0) is 101 Å². The molecule has 2 unspecified atom stereocenters. The van der Waals surface area contributed by atoms with E-state index in [1.165, 1.54) is 0 Å². The van der Waals surface area contributed by atoms with Gasteiger partial charge in [-0.2, -0.15) is 0 Å². The van der Waals surface area contributed by atoms with Crippen LogP contribution in [0.1, 0.15) is 88.6 Å². The van der Waals surface area contributed by atoms with Crippen molar-refractivity contribution in [2.24, 2.45) is 0 Å². The molecule has 4 aromatic rings. The molecule has 10 nitrogen and oxygen atoms in total. The van der Waals surface area contributed by atoms with Crippen molar-refractivity contribution in [1.82, 2.24) is 23.8 Å². The van der Waals surface area contributed by atoms with Gasteiger partial charge in [0.25, 0.3) is 0 Å². The van der Waals surface area contributed by atoms with Crippen LogP contribution in [0, 0.1) is 0 Å². The SMILES string of the molecule is CC(C)(C)[S+]([O-])NC1(c2ccc3c(CCCCOC4CCCCO4)c(Cn4c(=O)n(C5CC5)c5ccncc54)ncc3c2)COC1. The van der Waals surface area contributed by atoms with Gasteiger partial charge in [0.1, 0.15) is 10.3 Å². The van der Waals surface area contributed by atoms with Crippen LogP contribution in [0.4, 0.5) is 0 Å². The van der Waals surface area contributed by atoms with Gasteiger partial charge in [-0.1, -0.05) is 12.1 Å². The quantitative estimate of drug-likeness (QED) is 0.163. The Kier molecular flexibility index (Phi) is 8.99. The number of ether oxygens (including phenoxy) is 3. The van der Waals surface area contributed by atoms with Crippen molar-refractivity contribution in [3.8, 4) is 0 Å². The summed E-state index contributed by atoms with van der Waals surface area (Å²) in [5.74, 6) is 0. The number of rotatable bonds is 12. The minimum Gasteiger partial charge on any atom is -0.598 e. The summed E-state index contributed by atoms with van der Waals surface area (Å²) in [5.41, 5.74) is 4.35. The van der Waals surface area contributed by atoms with Crippen LogP contribution < -0.4 is 10.4 Å². The smallest absolute Gasteiger partial charge is 0.329 e. The minimum absolute atomic E-state index is 0.000532. The lowest BCUT2D eigenvalue weighted by Gasteiger charge is -2.43. The molecule has 2 saturated heterocycles. The molecule has 246 valence electrons. The summed E-state index contributed by atoms with van der Waals surface area (Å²) in [6.45, 7) is 8.65. The van der Waals surface area contributed by atoms with Crippen molar-refractivity contribution >= 4 is 33.2 Å². The molecule has 11 heteroatoms. The second-order valence-corrected chi connectivity index (χ2v) is 16.0. The molecule has 5 heterocycles. The van der Waals surface area contributed by atoms with Gasteiger partial charge in [0.2, 0.25) is 0 Å². The maximum atomic E-state index is 13.7. The molecule has 0 amide bonds. The van der Waals surface area contributed by atoms with Gasteiger partial charge < -0.3 is 18.8 Å². The van der Waals surface area contributed by atoms with Crippen molar-refractivity contribution in [1.29, 1.82) is 0 Å². The number of hydrogen-bond acceptors (Lipinski definition) is 8. The predicted molar refractivity (Wildman–Crippen MR) is 179 cm³/mol. The molecule has 0 bridgehead atoms. The zero-order valence-corrected chi connectivity index (χ0v) is 27.9. The number of imidazole rings is 1. The number of nitrogens with one attached hydrogen (secondary N) is 1. The van der Waals surface area contributed by atoms with Crippen molar-refractivity contribution in [2.45, 2.75) is 101 Å². The fraction of sp³-hybridized carbons (Fsp3) is 0.571. The average Bonchev–Trinajstić information content (AvgIpc) is 3.83. The van der Waals surface area contributed by atoms with E-state index in [1.807, 2.05) is 42.2 Å². The largest absolute Gasteiger partial charge is 0.598 e. The highest BCUT2D eigenvalue weighted by atomic mass is 32.2. The third-order valence-corrected chi connectivity index (χ3v) is 11.1. The third kappa shape index (κ3) is 6.37. The van der Waals surface area contributed by atoms with E-state index in [9.17, 15) is 9.35 Å². The van der Waals surface area contributed by atoms with Crippen LogP contribution in [0.2, 0.25) is 0 Å². The van der Waals surface area contributed by atoms with Gasteiger partial charge in [0.15, 0.2) is 6.29 Å². The first-order valence-electron chi connectivity index (χ1n) is 16.7. The number of benzene rings is 1. The first-order valence-corrected chi connectivity index (χ1v) is 17.8. The van der Waals surface area contributed by atoms with E-state index in [-0.39, 0.29) is 18.0 Å². The van der Waals surface area contributed by atoms with E-state index in [4.69, 9.17) is 19.2 Å². The molecule has 0 radical (unpaired) electrons. The number of aromatic nitrogens is 4. The zero-order chi connectivity index (χ0) is 31.9. The summed E-state index contributed by atoms with van der Waals surface area (Å²) in [6.07, 6.45) is 13.3. The van der Waals surface area contributed by atoms with Gasteiger partial charge in [0, 0.05) is 48.4 Å². The van der Waals surface area contributed by atoms with E-state index in [0.29, 0.717) is 26.4 Å². The maximum absolute atomic E-state index is 13.7. The monoisotopic (exact) mass is 647 g/mol. The van der Waals surface area contributed by atoms with Gasteiger partial charge in [-0.3, -0.25) is 19.1 Å². The van der Waals surface area contributed by atoms with Crippen LogP contribution in [0.15, 0.2) is 47.7 Å². The Labute approximate surface area is 273 Å². The molecule has 46 heavy (non-hydrogen) atoms. The number of fused-ring (bicyclic) bond motifs is 2. The van der Waals surface area contributed by atoms with E-state index < -0.39 is 21.6 Å². The Balaban J connectivity index is 1.20. The summed E-state index contributed by atoms with van der Waals surface area (Å²) in [5, 5.41) is 2.14. The number of unbranched alkanes of at least 4 members (excludes halogenated alkanes) is 1. The van der Waals surface area contributed by atoms with Gasteiger partial charge in [-0.15, -0.1) is 4.72 Å². The van der Waals surface area contributed by atoms with Crippen molar-refractivity contribution < 1.29 is 18.8 Å². The average molecular weight is 648 g/mol. The number of nitrogens with zero attached hydrogens (tertiary/aromatic N) is 4. The molecule has 3 fully saturated rings. The lowest BCUT2D eigenvalue weighted by Crippen LogP contribution is -2.61. The molecule has 1 N–H and O–H groups in total. The van der Waals surface area contributed by atoms with Gasteiger partial charge >= 0.3 is 5.69 Å². The fourth-order valence-electron chi connectivity index (χ4n) is 6.54. The Hall–Kier alpha value is -2.80. The van der Waals surface area contributed by atoms with Crippen molar-refractivity contribution in [3.63, 3.8) is 0 Å². The van der Waals surface area contributed by atoms with Gasteiger partial charge in [-0.25, -0.2) is 4.79 Å². The van der Waals surface area contributed by atoms with Crippen LogP contribution >= 0.6 is 0 Å². The molecular formula is C35H45N5O5S. The van der Waals surface area contributed by atoms with E-state index in [2.05, 4.69) is 27.9 Å². The summed E-state index contributed by atoms with van der Waals surface area (Å²) < 4.78 is 37.3. The summed E-state index contributed by atoms with van der Waals surface area (Å²) in [7, 11) is 0. The summed E-state index contributed by atoms with van der Waals surface area (Å²) in [4.78, 5) is 23.1. The number of hydrogen-bond donors (Lipinski definition) is 1. The number of pyridine rings is 2. The molecule has 2 atom stereocenters. The lowest BCUT2D eigenvalue weighted by atomic mass is 9.87. The third-order valence-electron chi connectivity index (χ3n) is 9.43. The van der Waals surface area contributed by atoms with E-state index in [0.717, 1.165) is 96.6 Å². The maximum Gasteiger partial charge on any atom is 0.329 e. The highest BCUT2D eigenvalue weighted by Gasteiger charge is 2.47. The van der Waals surface area contributed by atoms with Crippen molar-refractivity contribution in [2.75, 3.05) is 26.4 Å². The molecule has 7 rings (SSSR count). The lowest BCUT2D eigenvalue weighted by molar-refractivity contribution is -0.162. The minimum atomic E-state index is -1.25. The van der Waals surface area contributed by atoms with Gasteiger partial charge in [0.05, 0.1) is 42.7 Å². The topological polar surface area (TPSA) is 115 Å². The standard InChI is InChI=1S/C35H45N5O5S/c1-34(2,3)46(42)38-35(22-43-23-35)25-10-13-27-24(18-25)19-37-29(28(27)8-4-6-16-44-32-9-5-7-17-45-32)21-39-31-20-36-15-14-30(31)40(33(39)41)26-11-12-26/h10,13-15,18-20,26,32,38H,4-9,11-12,16-17,21-23H2,1-3H3. The van der Waals surface area contributed by atoms with E-state index >= 15 is 0 Å². The molecule has 2 aliphatic heterocycles. The van der Waals surface area contributed by atoms with Crippen LogP contribution in [0.3, 0.4) is 0 Å². The molecular weight excluding hydrogens is 602 g/mol. The van der Waals surface area contributed by atoms with Crippen LogP contribution in [0.5, 0.6) is 0 Å². The predicted octanol–water partition coefficient (Wildman–Crippen LogP) is 5.27. The molecule has 1 saturated carbocycles. The zero-order valence-electron chi connectivity index (χ0n) is 27.1. The highest BCUT2D eigenvalue weighted by molar-refractivity contribution is 7.90. The van der Waals surface area contributed by atoms with E-state index in [1.54, 1.807) is 12.4 Å². The second-order valence-electron chi connectivity index (χ2n) is 14.0. The van der Waals surface area contributed by atoms with Crippen molar-refractivity contribution in [3.05, 3.63) is 70.2 Å². The first kappa shape index (κ1) is 31.8. The fourth-order valence-corrected chi connectivity index (χ4v) is 7.43. The van der Waals surface area contributed by atoms with Crippen LogP contribution in [-0.2, 0) is 44.1 Å². The molecule has 1 aliphatic carbocycles. The van der Waals surface area contributed by atoms with Crippen LogP contribution in [-0.4, -0.2) is 61.1 Å². The molecule has 0 spiro atoms. The Morgan fingerprint density at radius 2 is 1.96 bits per heavy atom. The summed E-state index contributed by atoms with van der Waals surface area (Å²) >= 11 is -1.25. The molecule has 3 aromatic heterocycles. The Morgan fingerprint density at radius 3 is 2.67 bits per heavy atom. The molecule has 1 aromatic carbocycles. The highest BCUT2D eigenvalue weighted by Crippen LogP contribution is 2.37. The molecule has 3 aliphatic rings. The van der Waals surface area contributed by atoms with Crippen LogP contribution in [0.25, 0.3) is 21.8 Å². The Morgan fingerprint density at radius 1 is 1.11 bits per heavy atom. The Bertz CT molecular complexity index is 1750. The summed E-state index contributed by atoms with van der Waals surface area (Å²) in [6, 6.07) is 8.65. The normalized spacial score (nSPS) is 20.7. The first-order chi connectivity index (χ1) is 22.2. The second kappa shape index (κ2) is 13.0. The number of aryl methyl sites for hydroxylation is 1.